The molecular formula is C19H19N3S. The number of hydrogen-bond donors (Lipinski definition) is 2. The molecule has 0 fully saturated rings. The van der Waals surface area contributed by atoms with Gasteiger partial charge >= 0.3 is 0 Å². The quantitative estimate of drug-likeness (QED) is 0.580. The Morgan fingerprint density at radius 1 is 1.17 bits per heavy atom. The largest absolute Gasteiger partial charge is 0.359 e. The fourth-order valence-corrected chi connectivity index (χ4v) is 3.92. The molecule has 0 aliphatic carbocycles. The topological polar surface area (TPSA) is 54.7 Å². The van der Waals surface area contributed by atoms with Crippen LogP contribution in [0.3, 0.4) is 0 Å². The van der Waals surface area contributed by atoms with E-state index in [0.717, 1.165) is 29.9 Å². The van der Waals surface area contributed by atoms with Crippen molar-refractivity contribution in [2.75, 3.05) is 0 Å². The van der Waals surface area contributed by atoms with Gasteiger partial charge in [0.1, 0.15) is 5.69 Å². The zero-order chi connectivity index (χ0) is 15.8. The Kier molecular flexibility index (Phi) is 3.63. The average molecular weight is 321 g/mol. The molecule has 1 unspecified atom stereocenters. The number of fused-ring (bicyclic) bond motifs is 2. The third-order valence-corrected chi connectivity index (χ3v) is 5.29. The average Bonchev–Trinajstić information content (AvgIpc) is 3.18. The molecule has 0 radical (unpaired) electrons. The minimum Gasteiger partial charge on any atom is -0.359 e. The molecule has 4 rings (SSSR count). The van der Waals surface area contributed by atoms with Crippen molar-refractivity contribution in [1.29, 1.82) is 0 Å². The summed E-state index contributed by atoms with van der Waals surface area (Å²) in [7, 11) is 0. The van der Waals surface area contributed by atoms with Crippen LogP contribution in [0.25, 0.3) is 21.5 Å². The van der Waals surface area contributed by atoms with E-state index in [-0.39, 0.29) is 6.04 Å². The van der Waals surface area contributed by atoms with Gasteiger partial charge in [-0.15, -0.1) is 11.3 Å². The van der Waals surface area contributed by atoms with Crippen molar-refractivity contribution in [1.82, 2.24) is 9.97 Å². The second-order valence-electron chi connectivity index (χ2n) is 5.86. The lowest BCUT2D eigenvalue weighted by Crippen LogP contribution is -2.15. The van der Waals surface area contributed by atoms with Crippen molar-refractivity contribution < 1.29 is 0 Å². The minimum absolute atomic E-state index is 0.0780. The molecule has 23 heavy (non-hydrogen) atoms. The van der Waals surface area contributed by atoms with Crippen molar-refractivity contribution in [3.8, 4) is 11.4 Å². The van der Waals surface area contributed by atoms with E-state index >= 15 is 0 Å². The van der Waals surface area contributed by atoms with Crippen LogP contribution in [-0.4, -0.2) is 9.97 Å². The summed E-state index contributed by atoms with van der Waals surface area (Å²) < 4.78 is 1.32. The van der Waals surface area contributed by atoms with Gasteiger partial charge in [0.15, 0.2) is 0 Å². The zero-order valence-corrected chi connectivity index (χ0v) is 13.9. The van der Waals surface area contributed by atoms with Crippen LogP contribution in [0.2, 0.25) is 0 Å². The number of aryl methyl sites for hydroxylation is 1. The number of nitrogens with two attached hydrogens (primary N) is 1. The lowest BCUT2D eigenvalue weighted by Gasteiger charge is -2.12. The van der Waals surface area contributed by atoms with Gasteiger partial charge in [-0.25, -0.2) is 4.98 Å². The van der Waals surface area contributed by atoms with Crippen molar-refractivity contribution in [3.05, 3.63) is 64.8 Å². The Bertz CT molecular complexity index is 921. The molecule has 4 heteroatoms. The van der Waals surface area contributed by atoms with E-state index in [2.05, 4.69) is 58.7 Å². The lowest BCUT2D eigenvalue weighted by atomic mass is 10.0. The minimum atomic E-state index is -0.0780. The molecule has 1 aromatic heterocycles. The van der Waals surface area contributed by atoms with Crippen LogP contribution in [0, 0.1) is 0 Å². The number of benzene rings is 1. The second-order valence-corrected chi connectivity index (χ2v) is 6.77. The highest BCUT2D eigenvalue weighted by Gasteiger charge is 2.22. The SMILES string of the molecule is CCc1cccc2nc-2c(C(N)Cc2csc3ccccc23)[nH]1. The molecule has 1 aromatic carbocycles. The summed E-state index contributed by atoms with van der Waals surface area (Å²) in [5, 5.41) is 3.54. The summed E-state index contributed by atoms with van der Waals surface area (Å²) in [4.78, 5) is 7.98. The van der Waals surface area contributed by atoms with Gasteiger partial charge in [-0.2, -0.15) is 0 Å². The van der Waals surface area contributed by atoms with Crippen LogP contribution in [0.5, 0.6) is 0 Å². The maximum absolute atomic E-state index is 6.54. The highest BCUT2D eigenvalue weighted by Crippen LogP contribution is 2.34. The van der Waals surface area contributed by atoms with Crippen molar-refractivity contribution >= 4 is 21.4 Å². The first-order chi connectivity index (χ1) is 11.3. The molecule has 2 aliphatic heterocycles. The molecule has 1 atom stereocenters. The molecule has 3 heterocycles. The summed E-state index contributed by atoms with van der Waals surface area (Å²) in [5.74, 6) is 0. The molecule has 0 bridgehead atoms. The smallest absolute Gasteiger partial charge is 0.110 e. The molecule has 0 saturated carbocycles. The van der Waals surface area contributed by atoms with Crippen molar-refractivity contribution in [3.63, 3.8) is 0 Å². The Hall–Kier alpha value is -2.17. The van der Waals surface area contributed by atoms with Gasteiger partial charge in [0.05, 0.1) is 17.4 Å². The predicted octanol–water partition coefficient (Wildman–Crippen LogP) is 4.53. The Labute approximate surface area is 139 Å². The van der Waals surface area contributed by atoms with Crippen LogP contribution >= 0.6 is 11.3 Å². The van der Waals surface area contributed by atoms with Crippen LogP contribution in [0.4, 0.5) is 0 Å². The van der Waals surface area contributed by atoms with E-state index in [1.807, 2.05) is 6.07 Å². The number of aromatic nitrogens is 2. The number of nitrogens with one attached hydrogen (secondary N) is 1. The van der Waals surface area contributed by atoms with Crippen LogP contribution < -0.4 is 5.73 Å². The van der Waals surface area contributed by atoms with E-state index in [1.165, 1.54) is 21.3 Å². The van der Waals surface area contributed by atoms with E-state index in [1.54, 1.807) is 11.3 Å². The standard InChI is InChI=1S/C19H19N3S/c1-2-13-6-5-8-16-19(22-16)18(21-13)15(20)10-12-11-23-17-9-4-3-7-14(12)17/h3-9,11,15,21H,2,10,20H2,1H3. The molecular weight excluding hydrogens is 302 g/mol. The van der Waals surface area contributed by atoms with Gasteiger partial charge in [0.2, 0.25) is 0 Å². The van der Waals surface area contributed by atoms with Gasteiger partial charge in [0, 0.05) is 10.4 Å². The Balaban J connectivity index is 1.70. The summed E-state index contributed by atoms with van der Waals surface area (Å²) in [6.45, 7) is 2.14. The van der Waals surface area contributed by atoms with Gasteiger partial charge in [-0.3, -0.25) is 0 Å². The fourth-order valence-electron chi connectivity index (χ4n) is 2.94. The van der Waals surface area contributed by atoms with Crippen LogP contribution in [0.15, 0.2) is 47.8 Å². The third-order valence-electron chi connectivity index (χ3n) is 4.28. The van der Waals surface area contributed by atoms with Crippen LogP contribution in [-0.2, 0) is 12.8 Å². The molecule has 0 amide bonds. The summed E-state index contributed by atoms with van der Waals surface area (Å²) in [6, 6.07) is 14.6. The summed E-state index contributed by atoms with van der Waals surface area (Å²) in [6.07, 6.45) is 1.77. The Morgan fingerprint density at radius 3 is 2.91 bits per heavy atom. The number of aromatic amines is 1. The normalized spacial score (nSPS) is 13.0. The third kappa shape index (κ3) is 2.76. The van der Waals surface area contributed by atoms with Gasteiger partial charge in [-0.1, -0.05) is 31.2 Å². The fraction of sp³-hybridized carbons (Fsp3) is 0.211. The van der Waals surface area contributed by atoms with Crippen molar-refractivity contribution in [2.45, 2.75) is 25.8 Å². The summed E-state index contributed by atoms with van der Waals surface area (Å²) in [5.41, 5.74) is 12.2. The van der Waals surface area contributed by atoms with E-state index in [4.69, 9.17) is 5.73 Å². The molecule has 0 spiro atoms. The lowest BCUT2D eigenvalue weighted by molar-refractivity contribution is 0.699. The number of rotatable bonds is 4. The Morgan fingerprint density at radius 2 is 2.04 bits per heavy atom. The number of thiophene rings is 1. The van der Waals surface area contributed by atoms with Gasteiger partial charge in [0.25, 0.3) is 0 Å². The van der Waals surface area contributed by atoms with Crippen molar-refractivity contribution in [2.24, 2.45) is 5.73 Å². The first kappa shape index (κ1) is 14.4. The molecule has 3 N–H and O–H groups in total. The zero-order valence-electron chi connectivity index (χ0n) is 13.0. The number of hydrogen-bond acceptors (Lipinski definition) is 3. The predicted molar refractivity (Wildman–Crippen MR) is 97.0 cm³/mol. The highest BCUT2D eigenvalue weighted by atomic mass is 32.1. The molecule has 2 aromatic rings. The first-order valence-electron chi connectivity index (χ1n) is 7.94. The van der Waals surface area contributed by atoms with Crippen LogP contribution in [0.1, 0.15) is 29.9 Å². The molecule has 3 nitrogen and oxygen atoms in total. The molecule has 2 aliphatic rings. The second kappa shape index (κ2) is 5.80. The summed E-state index contributed by atoms with van der Waals surface area (Å²) >= 11 is 1.78. The van der Waals surface area contributed by atoms with E-state index in [0.29, 0.717) is 0 Å². The van der Waals surface area contributed by atoms with E-state index < -0.39 is 0 Å². The molecule has 0 saturated heterocycles. The number of nitrogens with zero attached hydrogens (tertiary/aromatic N) is 1. The van der Waals surface area contributed by atoms with Gasteiger partial charge < -0.3 is 10.7 Å². The highest BCUT2D eigenvalue weighted by molar-refractivity contribution is 7.17. The monoisotopic (exact) mass is 321 g/mol. The van der Waals surface area contributed by atoms with E-state index in [9.17, 15) is 0 Å². The van der Waals surface area contributed by atoms with Gasteiger partial charge in [-0.05, 0) is 47.4 Å². The maximum atomic E-state index is 6.54. The maximum Gasteiger partial charge on any atom is 0.110 e. The molecule has 116 valence electrons. The number of H-pyrrole nitrogens is 1. The first-order valence-corrected chi connectivity index (χ1v) is 8.82.